The van der Waals surface area contributed by atoms with Crippen LogP contribution in [-0.4, -0.2) is 53.5 Å². The molecule has 0 aromatic heterocycles. The Bertz CT molecular complexity index is 461. The molecule has 1 aromatic rings. The van der Waals surface area contributed by atoms with Crippen molar-refractivity contribution < 1.29 is 29.2 Å². The molecule has 19 heavy (non-hydrogen) atoms. The van der Waals surface area contributed by atoms with Crippen LogP contribution in [0.4, 0.5) is 0 Å². The summed E-state index contributed by atoms with van der Waals surface area (Å²) >= 11 is 0. The summed E-state index contributed by atoms with van der Waals surface area (Å²) in [6, 6.07) is 8.45. The number of benzene rings is 1. The minimum atomic E-state index is -1.22. The first-order chi connectivity index (χ1) is 9.16. The van der Waals surface area contributed by atoms with Gasteiger partial charge in [0.25, 0.3) is 0 Å². The molecule has 0 radical (unpaired) electrons. The fourth-order valence-electron chi connectivity index (χ4n) is 2.28. The van der Waals surface area contributed by atoms with Crippen LogP contribution < -0.4 is 0 Å². The first-order valence-corrected chi connectivity index (χ1v) is 6.06. The highest BCUT2D eigenvalue weighted by molar-refractivity contribution is 5.89. The SMILES string of the molecule is O=C(O[C@H]1[C@H](O)[C@H](O)C2OC[C@H]1O2)c1ccccc1. The molecule has 0 amide bonds. The molecule has 2 bridgehead atoms. The van der Waals surface area contributed by atoms with Gasteiger partial charge in [-0.3, -0.25) is 0 Å². The van der Waals surface area contributed by atoms with E-state index in [-0.39, 0.29) is 6.61 Å². The van der Waals surface area contributed by atoms with E-state index in [2.05, 4.69) is 0 Å². The Morgan fingerprint density at radius 3 is 2.68 bits per heavy atom. The average molecular weight is 266 g/mol. The van der Waals surface area contributed by atoms with E-state index in [4.69, 9.17) is 14.2 Å². The molecule has 1 unspecified atom stereocenters. The number of carbonyl (C=O) groups is 1. The predicted octanol–water partition coefficient (Wildman–Crippen LogP) is -0.311. The minimum absolute atomic E-state index is 0.186. The number of hydrogen-bond donors (Lipinski definition) is 2. The summed E-state index contributed by atoms with van der Waals surface area (Å²) in [6.07, 6.45) is -4.74. The van der Waals surface area contributed by atoms with Crippen molar-refractivity contribution in [2.75, 3.05) is 6.61 Å². The second-order valence-electron chi connectivity index (χ2n) is 4.59. The fraction of sp³-hybridized carbons (Fsp3) is 0.462. The molecule has 1 aromatic carbocycles. The van der Waals surface area contributed by atoms with Crippen LogP contribution in [0.3, 0.4) is 0 Å². The zero-order valence-electron chi connectivity index (χ0n) is 10.0. The predicted molar refractivity (Wildman–Crippen MR) is 62.3 cm³/mol. The molecule has 0 aliphatic carbocycles. The van der Waals surface area contributed by atoms with Gasteiger partial charge in [0.15, 0.2) is 12.4 Å². The summed E-state index contributed by atoms with van der Waals surface area (Å²) < 4.78 is 15.7. The van der Waals surface area contributed by atoms with E-state index in [1.807, 2.05) is 0 Å². The van der Waals surface area contributed by atoms with Crippen LogP contribution in [0.1, 0.15) is 10.4 Å². The molecule has 2 heterocycles. The standard InChI is InChI=1S/C13H14O6/c14-9-10(15)13-17-6-8(18-13)11(9)19-12(16)7-4-2-1-3-5-7/h1-5,8-11,13-15H,6H2/t8-,9-,10+,11-,13?/m1/s1. The zero-order chi connectivity index (χ0) is 13.4. The van der Waals surface area contributed by atoms with Crippen molar-refractivity contribution in [3.05, 3.63) is 35.9 Å². The lowest BCUT2D eigenvalue weighted by Crippen LogP contribution is -2.55. The summed E-state index contributed by atoms with van der Waals surface area (Å²) in [5, 5.41) is 19.7. The third-order valence-electron chi connectivity index (χ3n) is 3.32. The van der Waals surface area contributed by atoms with Crippen molar-refractivity contribution in [2.24, 2.45) is 0 Å². The van der Waals surface area contributed by atoms with Crippen LogP contribution in [0.25, 0.3) is 0 Å². The Labute approximate surface area is 109 Å². The van der Waals surface area contributed by atoms with Gasteiger partial charge in [-0.15, -0.1) is 0 Å². The lowest BCUT2D eigenvalue weighted by molar-refractivity contribution is -0.228. The maximum Gasteiger partial charge on any atom is 0.338 e. The molecule has 3 rings (SSSR count). The summed E-state index contributed by atoms with van der Waals surface area (Å²) in [6.45, 7) is 0.186. The van der Waals surface area contributed by atoms with Crippen molar-refractivity contribution in [3.8, 4) is 0 Å². The summed E-state index contributed by atoms with van der Waals surface area (Å²) in [5.74, 6) is -0.564. The average Bonchev–Trinajstić information content (AvgIpc) is 2.89. The van der Waals surface area contributed by atoms with E-state index < -0.39 is 36.7 Å². The van der Waals surface area contributed by atoms with E-state index in [9.17, 15) is 15.0 Å². The minimum Gasteiger partial charge on any atom is -0.453 e. The molecular weight excluding hydrogens is 252 g/mol. The Hall–Kier alpha value is -1.47. The molecular formula is C13H14O6. The van der Waals surface area contributed by atoms with E-state index in [1.54, 1.807) is 30.3 Å². The Morgan fingerprint density at radius 1 is 1.21 bits per heavy atom. The third-order valence-corrected chi connectivity index (χ3v) is 3.32. The normalized spacial score (nSPS) is 37.1. The highest BCUT2D eigenvalue weighted by Gasteiger charge is 2.51. The molecule has 6 heteroatoms. The molecule has 2 fully saturated rings. The summed E-state index contributed by atoms with van der Waals surface area (Å²) in [5.41, 5.74) is 0.380. The van der Waals surface area contributed by atoms with Crippen LogP contribution in [0, 0.1) is 0 Å². The van der Waals surface area contributed by atoms with Gasteiger partial charge in [0.05, 0.1) is 12.2 Å². The molecule has 0 saturated carbocycles. The van der Waals surface area contributed by atoms with Crippen molar-refractivity contribution >= 4 is 5.97 Å². The van der Waals surface area contributed by atoms with E-state index in [1.165, 1.54) is 0 Å². The molecule has 5 atom stereocenters. The van der Waals surface area contributed by atoms with Crippen LogP contribution >= 0.6 is 0 Å². The van der Waals surface area contributed by atoms with E-state index in [0.29, 0.717) is 5.56 Å². The van der Waals surface area contributed by atoms with Gasteiger partial charge in [0.2, 0.25) is 0 Å². The molecule has 2 aliphatic rings. The molecule has 2 N–H and O–H groups in total. The number of aliphatic hydroxyl groups is 2. The van der Waals surface area contributed by atoms with Crippen molar-refractivity contribution in [1.82, 2.24) is 0 Å². The van der Waals surface area contributed by atoms with Crippen molar-refractivity contribution in [2.45, 2.75) is 30.7 Å². The number of aliphatic hydroxyl groups excluding tert-OH is 2. The lowest BCUT2D eigenvalue weighted by atomic mass is 10.0. The highest BCUT2D eigenvalue weighted by atomic mass is 16.7. The number of esters is 1. The van der Waals surface area contributed by atoms with Crippen LogP contribution in [0.2, 0.25) is 0 Å². The van der Waals surface area contributed by atoms with Crippen LogP contribution in [0.15, 0.2) is 30.3 Å². The lowest BCUT2D eigenvalue weighted by Gasteiger charge is -2.34. The number of carbonyl (C=O) groups excluding carboxylic acids is 1. The molecule has 2 saturated heterocycles. The topological polar surface area (TPSA) is 85.2 Å². The van der Waals surface area contributed by atoms with Crippen molar-refractivity contribution in [1.29, 1.82) is 0 Å². The Kier molecular flexibility index (Phi) is 3.24. The maximum atomic E-state index is 11.9. The first-order valence-electron chi connectivity index (χ1n) is 6.06. The largest absolute Gasteiger partial charge is 0.453 e. The van der Waals surface area contributed by atoms with E-state index in [0.717, 1.165) is 0 Å². The fourth-order valence-corrected chi connectivity index (χ4v) is 2.28. The highest BCUT2D eigenvalue weighted by Crippen LogP contribution is 2.30. The second kappa shape index (κ2) is 4.90. The van der Waals surface area contributed by atoms with Crippen molar-refractivity contribution in [3.63, 3.8) is 0 Å². The molecule has 0 spiro atoms. The Balaban J connectivity index is 1.74. The third kappa shape index (κ3) is 2.23. The van der Waals surface area contributed by atoms with Gasteiger partial charge in [0, 0.05) is 0 Å². The number of rotatable bonds is 2. The zero-order valence-corrected chi connectivity index (χ0v) is 10.0. The van der Waals surface area contributed by atoms with E-state index >= 15 is 0 Å². The maximum absolute atomic E-state index is 11.9. The summed E-state index contributed by atoms with van der Waals surface area (Å²) in [7, 11) is 0. The quantitative estimate of drug-likeness (QED) is 0.714. The van der Waals surface area contributed by atoms with Gasteiger partial charge in [-0.25, -0.2) is 4.79 Å². The van der Waals surface area contributed by atoms with Crippen LogP contribution in [0.5, 0.6) is 0 Å². The Morgan fingerprint density at radius 2 is 1.95 bits per heavy atom. The number of fused-ring (bicyclic) bond motifs is 2. The van der Waals surface area contributed by atoms with Crippen LogP contribution in [-0.2, 0) is 14.2 Å². The monoisotopic (exact) mass is 266 g/mol. The van der Waals surface area contributed by atoms with Gasteiger partial charge in [0.1, 0.15) is 18.3 Å². The first kappa shape index (κ1) is 12.6. The van der Waals surface area contributed by atoms with Gasteiger partial charge >= 0.3 is 5.97 Å². The number of hydrogen-bond acceptors (Lipinski definition) is 6. The smallest absolute Gasteiger partial charge is 0.338 e. The second-order valence-corrected chi connectivity index (χ2v) is 4.59. The molecule has 2 aliphatic heterocycles. The van der Waals surface area contributed by atoms with Gasteiger partial charge in [-0.05, 0) is 12.1 Å². The number of ether oxygens (including phenoxy) is 3. The van der Waals surface area contributed by atoms with Gasteiger partial charge in [-0.1, -0.05) is 18.2 Å². The van der Waals surface area contributed by atoms with Gasteiger partial charge < -0.3 is 24.4 Å². The molecule has 102 valence electrons. The van der Waals surface area contributed by atoms with Gasteiger partial charge in [-0.2, -0.15) is 0 Å². The molecule has 6 nitrogen and oxygen atoms in total. The summed E-state index contributed by atoms with van der Waals surface area (Å²) in [4.78, 5) is 11.9.